The molecule has 0 aliphatic carbocycles. The number of halogens is 1. The Morgan fingerprint density at radius 2 is 1.79 bits per heavy atom. The number of aliphatic carboxylic acids is 1. The van der Waals surface area contributed by atoms with E-state index in [-0.39, 0.29) is 28.6 Å². The SMILES string of the molecule is CC(=O)O.CC1=C(C(=O)OCc2ccccc2)C(c2c(Cl)nc3ccccn3c2=O)NC(=O)N1. The number of pyridine rings is 1. The van der Waals surface area contributed by atoms with Crippen molar-refractivity contribution in [3.8, 4) is 0 Å². The van der Waals surface area contributed by atoms with E-state index >= 15 is 0 Å². The summed E-state index contributed by atoms with van der Waals surface area (Å²) in [5.41, 5.74) is 1.02. The maximum absolute atomic E-state index is 13.1. The molecule has 0 saturated carbocycles. The lowest BCUT2D eigenvalue weighted by Gasteiger charge is -2.28. The van der Waals surface area contributed by atoms with Crippen LogP contribution in [0.5, 0.6) is 0 Å². The Balaban J connectivity index is 0.000000751. The number of allylic oxidation sites excluding steroid dienone is 1. The normalized spacial score (nSPS) is 15.0. The van der Waals surface area contributed by atoms with Crippen LogP contribution >= 0.6 is 11.6 Å². The van der Waals surface area contributed by atoms with Crippen molar-refractivity contribution in [2.24, 2.45) is 0 Å². The number of fused-ring (bicyclic) bond motifs is 1. The minimum absolute atomic E-state index is 0.0128. The van der Waals surface area contributed by atoms with Crippen molar-refractivity contribution in [1.29, 1.82) is 0 Å². The topological polar surface area (TPSA) is 139 Å². The van der Waals surface area contributed by atoms with Gasteiger partial charge in [0.05, 0.1) is 17.2 Å². The molecule has 1 unspecified atom stereocenters. The number of benzene rings is 1. The van der Waals surface area contributed by atoms with Crippen LogP contribution in [-0.4, -0.2) is 32.5 Å². The summed E-state index contributed by atoms with van der Waals surface area (Å²) in [6.07, 6.45) is 1.54. The second-order valence-corrected chi connectivity index (χ2v) is 7.56. The predicted molar refractivity (Wildman–Crippen MR) is 123 cm³/mol. The Kier molecular flexibility index (Phi) is 7.64. The summed E-state index contributed by atoms with van der Waals surface area (Å²) in [6, 6.07) is 12.5. The van der Waals surface area contributed by atoms with Gasteiger partial charge in [-0.15, -0.1) is 0 Å². The fourth-order valence-corrected chi connectivity index (χ4v) is 3.58. The lowest BCUT2D eigenvalue weighted by Crippen LogP contribution is -2.47. The van der Waals surface area contributed by atoms with Gasteiger partial charge >= 0.3 is 12.0 Å². The molecule has 1 aliphatic heterocycles. The van der Waals surface area contributed by atoms with Gasteiger partial charge in [0.2, 0.25) is 0 Å². The van der Waals surface area contributed by atoms with E-state index in [9.17, 15) is 14.4 Å². The van der Waals surface area contributed by atoms with Crippen molar-refractivity contribution in [3.63, 3.8) is 0 Å². The molecule has 11 heteroatoms. The molecule has 0 spiro atoms. The van der Waals surface area contributed by atoms with Gasteiger partial charge in [-0.1, -0.05) is 48.0 Å². The average Bonchev–Trinajstić information content (AvgIpc) is 2.77. The van der Waals surface area contributed by atoms with Crippen LogP contribution in [0.4, 0.5) is 4.79 Å². The van der Waals surface area contributed by atoms with Crippen molar-refractivity contribution < 1.29 is 24.2 Å². The number of carboxylic acids is 1. The molecule has 0 fully saturated rings. The number of hydrogen-bond donors (Lipinski definition) is 3. The number of esters is 1. The summed E-state index contributed by atoms with van der Waals surface area (Å²) in [7, 11) is 0. The highest BCUT2D eigenvalue weighted by Crippen LogP contribution is 2.29. The standard InChI is InChI=1S/C21H17ClN4O4.C2H4O2/c1-12-15(20(28)30-11-13-7-3-2-4-8-13)17(25-21(29)23-12)16-18(22)24-14-9-5-6-10-26(14)19(16)27;1-2(3)4/h2-10,17H,11H2,1H3,(H2,23,25,29);1H3,(H,3,4). The molecular formula is C23H21ClN4O6. The number of aromatic nitrogens is 2. The Morgan fingerprint density at radius 1 is 1.15 bits per heavy atom. The van der Waals surface area contributed by atoms with Crippen molar-refractivity contribution >= 4 is 35.2 Å². The van der Waals surface area contributed by atoms with E-state index < -0.39 is 29.6 Å². The highest BCUT2D eigenvalue weighted by Gasteiger charge is 2.36. The number of hydrogen-bond acceptors (Lipinski definition) is 6. The predicted octanol–water partition coefficient (Wildman–Crippen LogP) is 2.81. The van der Waals surface area contributed by atoms with Gasteiger partial charge in [-0.05, 0) is 24.6 Å². The van der Waals surface area contributed by atoms with Gasteiger partial charge in [-0.2, -0.15) is 0 Å². The van der Waals surface area contributed by atoms with E-state index in [1.165, 1.54) is 10.6 Å². The number of amides is 2. The third-order valence-corrected chi connectivity index (χ3v) is 5.00. The molecule has 1 aromatic carbocycles. The number of carbonyl (C=O) groups excluding carboxylic acids is 2. The van der Waals surface area contributed by atoms with E-state index in [4.69, 9.17) is 26.2 Å². The van der Waals surface area contributed by atoms with Crippen LogP contribution in [0.2, 0.25) is 5.15 Å². The number of urea groups is 1. The fraction of sp³-hybridized carbons (Fsp3) is 0.174. The molecule has 0 bridgehead atoms. The lowest BCUT2D eigenvalue weighted by molar-refractivity contribution is -0.141. The zero-order chi connectivity index (χ0) is 24.8. The van der Waals surface area contributed by atoms with Gasteiger partial charge in [-0.3, -0.25) is 14.0 Å². The number of nitrogens with zero attached hydrogens (tertiary/aromatic N) is 2. The molecule has 2 aromatic heterocycles. The molecular weight excluding hydrogens is 464 g/mol. The minimum Gasteiger partial charge on any atom is -0.481 e. The maximum Gasteiger partial charge on any atom is 0.338 e. The largest absolute Gasteiger partial charge is 0.481 e. The Hall–Kier alpha value is -4.18. The summed E-state index contributed by atoms with van der Waals surface area (Å²) < 4.78 is 6.73. The van der Waals surface area contributed by atoms with E-state index in [0.717, 1.165) is 12.5 Å². The Morgan fingerprint density at radius 3 is 2.47 bits per heavy atom. The van der Waals surface area contributed by atoms with E-state index in [1.54, 1.807) is 25.1 Å². The summed E-state index contributed by atoms with van der Waals surface area (Å²) in [4.78, 5) is 51.4. The zero-order valence-corrected chi connectivity index (χ0v) is 19.0. The van der Waals surface area contributed by atoms with Crippen LogP contribution in [0.15, 0.2) is 70.8 Å². The van der Waals surface area contributed by atoms with E-state index in [2.05, 4.69) is 15.6 Å². The van der Waals surface area contributed by atoms with Crippen molar-refractivity contribution in [1.82, 2.24) is 20.0 Å². The molecule has 34 heavy (non-hydrogen) atoms. The molecule has 10 nitrogen and oxygen atoms in total. The molecule has 176 valence electrons. The van der Waals surface area contributed by atoms with Crippen molar-refractivity contribution in [3.05, 3.63) is 92.6 Å². The van der Waals surface area contributed by atoms with Gasteiger partial charge < -0.3 is 20.5 Å². The molecule has 3 heterocycles. The first-order valence-electron chi connectivity index (χ1n) is 10.0. The molecule has 3 N–H and O–H groups in total. The second kappa shape index (κ2) is 10.6. The minimum atomic E-state index is -1.10. The molecule has 0 saturated heterocycles. The van der Waals surface area contributed by atoms with Crippen molar-refractivity contribution in [2.75, 3.05) is 0 Å². The van der Waals surface area contributed by atoms with Crippen LogP contribution in [-0.2, 0) is 20.9 Å². The van der Waals surface area contributed by atoms with E-state index in [1.807, 2.05) is 30.3 Å². The fourth-order valence-electron chi connectivity index (χ4n) is 3.30. The summed E-state index contributed by atoms with van der Waals surface area (Å²) in [5, 5.41) is 12.5. The highest BCUT2D eigenvalue weighted by molar-refractivity contribution is 6.30. The first-order chi connectivity index (χ1) is 16.2. The van der Waals surface area contributed by atoms with Gasteiger partial charge in [0.15, 0.2) is 0 Å². The van der Waals surface area contributed by atoms with Crippen LogP contribution in [0, 0.1) is 0 Å². The average molecular weight is 485 g/mol. The Bertz CT molecular complexity index is 1330. The third kappa shape index (κ3) is 5.59. The van der Waals surface area contributed by atoms with Crippen LogP contribution in [0.1, 0.15) is 31.0 Å². The van der Waals surface area contributed by atoms with Gasteiger partial charge in [-0.25, -0.2) is 14.6 Å². The second-order valence-electron chi connectivity index (χ2n) is 7.20. The number of carboxylic acid groups (broad SMARTS) is 1. The quantitative estimate of drug-likeness (QED) is 0.382. The zero-order valence-electron chi connectivity index (χ0n) is 18.2. The molecule has 3 aromatic rings. The van der Waals surface area contributed by atoms with E-state index in [0.29, 0.717) is 5.65 Å². The first kappa shape index (κ1) is 24.5. The Labute approximate surface area is 198 Å². The van der Waals surface area contributed by atoms with Gasteiger partial charge in [0.1, 0.15) is 17.4 Å². The maximum atomic E-state index is 13.1. The monoisotopic (exact) mass is 484 g/mol. The smallest absolute Gasteiger partial charge is 0.338 e. The number of ether oxygens (including phenoxy) is 1. The van der Waals surface area contributed by atoms with Crippen LogP contribution < -0.4 is 16.2 Å². The lowest BCUT2D eigenvalue weighted by atomic mass is 9.97. The third-order valence-electron chi connectivity index (χ3n) is 4.71. The highest BCUT2D eigenvalue weighted by atomic mass is 35.5. The number of rotatable bonds is 4. The van der Waals surface area contributed by atoms with Crippen molar-refractivity contribution in [2.45, 2.75) is 26.5 Å². The van der Waals surface area contributed by atoms with Crippen LogP contribution in [0.25, 0.3) is 5.65 Å². The molecule has 1 atom stereocenters. The number of nitrogens with one attached hydrogen (secondary N) is 2. The van der Waals surface area contributed by atoms with Gasteiger partial charge in [0, 0.05) is 18.8 Å². The molecule has 2 amide bonds. The number of carbonyl (C=O) groups is 3. The van der Waals surface area contributed by atoms with Gasteiger partial charge in [0.25, 0.3) is 11.5 Å². The molecule has 1 aliphatic rings. The summed E-state index contributed by atoms with van der Waals surface area (Å²) in [5.74, 6) is -1.51. The summed E-state index contributed by atoms with van der Waals surface area (Å²) >= 11 is 6.31. The first-order valence-corrected chi connectivity index (χ1v) is 10.4. The molecule has 0 radical (unpaired) electrons. The van der Waals surface area contributed by atoms with Crippen LogP contribution in [0.3, 0.4) is 0 Å². The summed E-state index contributed by atoms with van der Waals surface area (Å²) in [6.45, 7) is 2.69. The molecule has 4 rings (SSSR count).